The van der Waals surface area contributed by atoms with E-state index in [1.165, 1.54) is 6.07 Å². The van der Waals surface area contributed by atoms with E-state index >= 15 is 0 Å². The van der Waals surface area contributed by atoms with Crippen LogP contribution in [0.2, 0.25) is 0 Å². The van der Waals surface area contributed by atoms with Gasteiger partial charge in [-0.05, 0) is 0 Å². The standard InChI is InChI=1S/C7H3F2N3O3/c8-6(9)4-1-5(12(14)15)3(2-10)7(13)11-4/h1,6H,(H,11,13). The van der Waals surface area contributed by atoms with Crippen molar-refractivity contribution in [2.75, 3.05) is 0 Å². The lowest BCUT2D eigenvalue weighted by atomic mass is 10.2. The van der Waals surface area contributed by atoms with Crippen molar-refractivity contribution in [1.29, 1.82) is 5.26 Å². The first-order valence-corrected chi connectivity index (χ1v) is 3.57. The molecule has 8 heteroatoms. The highest BCUT2D eigenvalue weighted by atomic mass is 19.3. The summed E-state index contributed by atoms with van der Waals surface area (Å²) in [6, 6.07) is 1.76. The van der Waals surface area contributed by atoms with Gasteiger partial charge in [0.1, 0.15) is 6.07 Å². The van der Waals surface area contributed by atoms with E-state index < -0.39 is 33.9 Å². The van der Waals surface area contributed by atoms with Gasteiger partial charge in [-0.25, -0.2) is 8.78 Å². The number of nitrogens with zero attached hydrogens (tertiary/aromatic N) is 2. The summed E-state index contributed by atoms with van der Waals surface area (Å²) in [4.78, 5) is 22.0. The normalized spacial score (nSPS) is 10.0. The van der Waals surface area contributed by atoms with E-state index in [9.17, 15) is 23.7 Å². The largest absolute Gasteiger partial charge is 0.319 e. The molecule has 0 radical (unpaired) electrons. The van der Waals surface area contributed by atoms with Crippen LogP contribution < -0.4 is 5.56 Å². The van der Waals surface area contributed by atoms with Gasteiger partial charge in [0.2, 0.25) is 0 Å². The van der Waals surface area contributed by atoms with Gasteiger partial charge in [0.15, 0.2) is 5.56 Å². The Hall–Kier alpha value is -2.30. The maximum Gasteiger partial charge on any atom is 0.294 e. The number of alkyl halides is 2. The highest BCUT2D eigenvalue weighted by Crippen LogP contribution is 2.21. The molecule has 1 rings (SSSR count). The molecule has 78 valence electrons. The molecule has 1 heterocycles. The van der Waals surface area contributed by atoms with Crippen molar-refractivity contribution >= 4 is 5.69 Å². The molecule has 1 aromatic rings. The van der Waals surface area contributed by atoms with E-state index in [-0.39, 0.29) is 0 Å². The molecule has 0 bridgehead atoms. The van der Waals surface area contributed by atoms with E-state index in [0.29, 0.717) is 6.07 Å². The second kappa shape index (κ2) is 3.83. The summed E-state index contributed by atoms with van der Waals surface area (Å²) < 4.78 is 24.3. The van der Waals surface area contributed by atoms with E-state index in [4.69, 9.17) is 5.26 Å². The van der Waals surface area contributed by atoms with Gasteiger partial charge in [-0.1, -0.05) is 0 Å². The number of hydrogen-bond donors (Lipinski definition) is 1. The quantitative estimate of drug-likeness (QED) is 0.589. The Morgan fingerprint density at radius 1 is 1.60 bits per heavy atom. The number of hydrogen-bond acceptors (Lipinski definition) is 4. The predicted molar refractivity (Wildman–Crippen MR) is 43.4 cm³/mol. The lowest BCUT2D eigenvalue weighted by Gasteiger charge is -1.99. The van der Waals surface area contributed by atoms with Crippen molar-refractivity contribution in [3.05, 3.63) is 37.8 Å². The number of H-pyrrole nitrogens is 1. The molecule has 0 aliphatic heterocycles. The summed E-state index contributed by atoms with van der Waals surface area (Å²) >= 11 is 0. The summed E-state index contributed by atoms with van der Waals surface area (Å²) in [5, 5.41) is 18.8. The Bertz CT molecular complexity index is 503. The average molecular weight is 215 g/mol. The monoisotopic (exact) mass is 215 g/mol. The van der Waals surface area contributed by atoms with Crippen LogP contribution in [0.15, 0.2) is 10.9 Å². The Morgan fingerprint density at radius 2 is 2.20 bits per heavy atom. The molecule has 15 heavy (non-hydrogen) atoms. The zero-order valence-electron chi connectivity index (χ0n) is 7.03. The molecular weight excluding hydrogens is 212 g/mol. The van der Waals surface area contributed by atoms with Crippen molar-refractivity contribution in [3.8, 4) is 6.07 Å². The lowest BCUT2D eigenvalue weighted by Crippen LogP contribution is -2.15. The molecule has 6 nitrogen and oxygen atoms in total. The van der Waals surface area contributed by atoms with Gasteiger partial charge < -0.3 is 4.98 Å². The molecule has 0 atom stereocenters. The first kappa shape index (κ1) is 10.8. The average Bonchev–Trinajstić information content (AvgIpc) is 2.16. The summed E-state index contributed by atoms with van der Waals surface area (Å²) in [5.41, 5.74) is -3.78. The van der Waals surface area contributed by atoms with Gasteiger partial charge in [0.05, 0.1) is 10.6 Å². The third-order valence-corrected chi connectivity index (χ3v) is 1.58. The fourth-order valence-electron chi connectivity index (χ4n) is 0.935. The number of nitrogens with one attached hydrogen (secondary N) is 1. The topological polar surface area (TPSA) is 99.8 Å². The number of rotatable bonds is 2. The van der Waals surface area contributed by atoms with Gasteiger partial charge in [-0.2, -0.15) is 5.26 Å². The van der Waals surface area contributed by atoms with Crippen LogP contribution >= 0.6 is 0 Å². The molecule has 0 amide bonds. The van der Waals surface area contributed by atoms with Gasteiger partial charge in [-0.15, -0.1) is 0 Å². The summed E-state index contributed by atoms with van der Waals surface area (Å²) in [5.74, 6) is 0. The van der Waals surface area contributed by atoms with Crippen LogP contribution in [0.3, 0.4) is 0 Å². The van der Waals surface area contributed by atoms with Crippen LogP contribution in [0.1, 0.15) is 17.7 Å². The number of nitro groups is 1. The molecule has 0 fully saturated rings. The molecular formula is C7H3F2N3O3. The van der Waals surface area contributed by atoms with Crippen molar-refractivity contribution in [1.82, 2.24) is 4.98 Å². The number of aromatic nitrogens is 1. The number of aromatic amines is 1. The predicted octanol–water partition coefficient (Wildman–Crippen LogP) is 1.09. The fraction of sp³-hybridized carbons (Fsp3) is 0.143. The minimum atomic E-state index is -3.04. The first-order valence-electron chi connectivity index (χ1n) is 3.57. The maximum atomic E-state index is 12.2. The number of pyridine rings is 1. The van der Waals surface area contributed by atoms with E-state index in [0.717, 1.165) is 0 Å². The SMILES string of the molecule is N#Cc1c([N+](=O)[O-])cc(C(F)F)[nH]c1=O. The first-order chi connectivity index (χ1) is 6.97. The van der Waals surface area contributed by atoms with Gasteiger partial charge in [-0.3, -0.25) is 14.9 Å². The number of nitriles is 1. The summed E-state index contributed by atoms with van der Waals surface area (Å²) in [7, 11) is 0. The zero-order valence-corrected chi connectivity index (χ0v) is 7.03. The van der Waals surface area contributed by atoms with E-state index in [1.54, 1.807) is 4.98 Å². The molecule has 0 unspecified atom stereocenters. The summed E-state index contributed by atoms with van der Waals surface area (Å²) in [6.07, 6.45) is -3.04. The van der Waals surface area contributed by atoms with Crippen molar-refractivity contribution in [2.45, 2.75) is 6.43 Å². The molecule has 0 saturated carbocycles. The van der Waals surface area contributed by atoms with Crippen molar-refractivity contribution in [3.63, 3.8) is 0 Å². The Morgan fingerprint density at radius 3 is 2.60 bits per heavy atom. The minimum Gasteiger partial charge on any atom is -0.319 e. The Labute approximate surface area is 80.9 Å². The zero-order chi connectivity index (χ0) is 11.6. The van der Waals surface area contributed by atoms with Crippen LogP contribution in [-0.4, -0.2) is 9.91 Å². The van der Waals surface area contributed by atoms with E-state index in [1.807, 2.05) is 0 Å². The fourth-order valence-corrected chi connectivity index (χ4v) is 0.935. The Kier molecular flexibility index (Phi) is 2.75. The summed E-state index contributed by atoms with van der Waals surface area (Å²) in [6.45, 7) is 0. The molecule has 0 aliphatic rings. The van der Waals surface area contributed by atoms with Gasteiger partial charge >= 0.3 is 0 Å². The third kappa shape index (κ3) is 1.96. The maximum absolute atomic E-state index is 12.2. The van der Waals surface area contributed by atoms with Crippen LogP contribution in [0.4, 0.5) is 14.5 Å². The second-order valence-corrected chi connectivity index (χ2v) is 2.48. The van der Waals surface area contributed by atoms with Crippen molar-refractivity contribution < 1.29 is 13.7 Å². The smallest absolute Gasteiger partial charge is 0.294 e. The number of halogens is 2. The van der Waals surface area contributed by atoms with Crippen LogP contribution in [0, 0.1) is 21.4 Å². The highest BCUT2D eigenvalue weighted by molar-refractivity contribution is 5.47. The third-order valence-electron chi connectivity index (χ3n) is 1.58. The molecule has 0 saturated heterocycles. The highest BCUT2D eigenvalue weighted by Gasteiger charge is 2.22. The molecule has 0 aromatic carbocycles. The van der Waals surface area contributed by atoms with Crippen LogP contribution in [0.25, 0.3) is 0 Å². The van der Waals surface area contributed by atoms with Crippen LogP contribution in [0.5, 0.6) is 0 Å². The molecule has 0 aliphatic carbocycles. The minimum absolute atomic E-state index is 0.477. The molecule has 1 N–H and O–H groups in total. The lowest BCUT2D eigenvalue weighted by molar-refractivity contribution is -0.385. The van der Waals surface area contributed by atoms with Crippen molar-refractivity contribution in [2.24, 2.45) is 0 Å². The van der Waals surface area contributed by atoms with Crippen LogP contribution in [-0.2, 0) is 0 Å². The molecule has 1 aromatic heterocycles. The second-order valence-electron chi connectivity index (χ2n) is 2.48. The van der Waals surface area contributed by atoms with Gasteiger partial charge in [0, 0.05) is 6.07 Å². The molecule has 0 spiro atoms. The Balaban J connectivity index is 3.55. The van der Waals surface area contributed by atoms with Gasteiger partial charge in [0.25, 0.3) is 17.7 Å². The van der Waals surface area contributed by atoms with E-state index in [2.05, 4.69) is 0 Å².